The second-order valence-electron chi connectivity index (χ2n) is 4.45. The zero-order valence-corrected chi connectivity index (χ0v) is 10.0. The summed E-state index contributed by atoms with van der Waals surface area (Å²) in [5.41, 5.74) is 3.07. The number of hydrogen-bond acceptors (Lipinski definition) is 3. The normalized spacial score (nSPS) is 15.9. The van der Waals surface area contributed by atoms with E-state index < -0.39 is 5.97 Å². The van der Waals surface area contributed by atoms with E-state index in [9.17, 15) is 4.79 Å². The first-order chi connectivity index (χ1) is 8.08. The third-order valence-electron chi connectivity index (χ3n) is 2.89. The number of benzene rings is 1. The maximum Gasteiger partial charge on any atom is 0.303 e. The van der Waals surface area contributed by atoms with E-state index in [2.05, 4.69) is 0 Å². The van der Waals surface area contributed by atoms with Gasteiger partial charge in [-0.1, -0.05) is 24.6 Å². The minimum absolute atomic E-state index is 0.0563. The zero-order chi connectivity index (χ0) is 12.4. The Morgan fingerprint density at radius 2 is 2.29 bits per heavy atom. The molecule has 17 heavy (non-hydrogen) atoms. The number of aryl methyl sites for hydroxylation is 1. The molecule has 1 unspecified atom stereocenters. The van der Waals surface area contributed by atoms with Crippen molar-refractivity contribution in [2.75, 3.05) is 6.79 Å². The summed E-state index contributed by atoms with van der Waals surface area (Å²) in [6, 6.07) is 4.02. The van der Waals surface area contributed by atoms with Crippen molar-refractivity contribution in [2.45, 2.75) is 32.8 Å². The lowest BCUT2D eigenvalue weighted by atomic mass is 9.93. The minimum atomic E-state index is -0.792. The van der Waals surface area contributed by atoms with Crippen molar-refractivity contribution in [1.29, 1.82) is 0 Å². The highest BCUT2D eigenvalue weighted by molar-refractivity contribution is 5.68. The van der Waals surface area contributed by atoms with Crippen molar-refractivity contribution < 1.29 is 19.4 Å². The molecular weight excluding hydrogens is 220 g/mol. The number of carboxylic acids is 1. The largest absolute Gasteiger partial charge is 0.481 e. The molecule has 1 aliphatic rings. The number of aliphatic carboxylic acids is 1. The monoisotopic (exact) mass is 236 g/mol. The number of ether oxygens (including phenoxy) is 2. The SMILES string of the molecule is Cc1cc2c(c(C(C)CC(=O)O)c1)OCOC2. The summed E-state index contributed by atoms with van der Waals surface area (Å²) in [6.07, 6.45) is 0.111. The van der Waals surface area contributed by atoms with Crippen molar-refractivity contribution in [1.82, 2.24) is 0 Å². The smallest absolute Gasteiger partial charge is 0.303 e. The van der Waals surface area contributed by atoms with Gasteiger partial charge in [0.1, 0.15) is 5.75 Å². The predicted octanol–water partition coefficient (Wildman–Crippen LogP) is 2.44. The summed E-state index contributed by atoms with van der Waals surface area (Å²) < 4.78 is 10.7. The Balaban J connectivity index is 2.38. The van der Waals surface area contributed by atoms with E-state index >= 15 is 0 Å². The highest BCUT2D eigenvalue weighted by Crippen LogP contribution is 2.35. The van der Waals surface area contributed by atoms with Gasteiger partial charge in [-0.25, -0.2) is 0 Å². The Bertz CT molecular complexity index is 439. The molecule has 0 spiro atoms. The third-order valence-corrected chi connectivity index (χ3v) is 2.89. The fourth-order valence-electron chi connectivity index (χ4n) is 2.15. The fraction of sp³-hybridized carbons (Fsp3) is 0.462. The highest BCUT2D eigenvalue weighted by atomic mass is 16.7. The summed E-state index contributed by atoms with van der Waals surface area (Å²) in [4.78, 5) is 10.8. The van der Waals surface area contributed by atoms with E-state index in [1.807, 2.05) is 26.0 Å². The predicted molar refractivity (Wildman–Crippen MR) is 62.1 cm³/mol. The molecule has 0 saturated carbocycles. The van der Waals surface area contributed by atoms with Gasteiger partial charge in [-0.05, 0) is 18.4 Å². The molecule has 0 aliphatic carbocycles. The maximum atomic E-state index is 10.8. The van der Waals surface area contributed by atoms with E-state index in [1.165, 1.54) is 0 Å². The van der Waals surface area contributed by atoms with Gasteiger partial charge in [-0.2, -0.15) is 0 Å². The zero-order valence-electron chi connectivity index (χ0n) is 10.0. The summed E-state index contributed by atoms with van der Waals surface area (Å²) >= 11 is 0. The lowest BCUT2D eigenvalue weighted by molar-refractivity contribution is -0.137. The second-order valence-corrected chi connectivity index (χ2v) is 4.45. The minimum Gasteiger partial charge on any atom is -0.481 e. The van der Waals surface area contributed by atoms with Crippen LogP contribution in [0.2, 0.25) is 0 Å². The van der Waals surface area contributed by atoms with Crippen LogP contribution in [0.3, 0.4) is 0 Å². The quantitative estimate of drug-likeness (QED) is 0.875. The van der Waals surface area contributed by atoms with E-state index in [0.29, 0.717) is 6.61 Å². The van der Waals surface area contributed by atoms with Crippen molar-refractivity contribution in [3.05, 3.63) is 28.8 Å². The lowest BCUT2D eigenvalue weighted by Gasteiger charge is -2.23. The van der Waals surface area contributed by atoms with Crippen LogP contribution in [-0.4, -0.2) is 17.9 Å². The number of fused-ring (bicyclic) bond motifs is 1. The maximum absolute atomic E-state index is 10.8. The van der Waals surface area contributed by atoms with Gasteiger partial charge >= 0.3 is 5.97 Å². The lowest BCUT2D eigenvalue weighted by Crippen LogP contribution is -2.15. The Kier molecular flexibility index (Phi) is 3.33. The molecule has 0 fully saturated rings. The summed E-state index contributed by atoms with van der Waals surface area (Å²) in [5, 5.41) is 8.85. The Labute approximate surface area is 100 Å². The average Bonchev–Trinajstić information content (AvgIpc) is 2.26. The molecule has 0 radical (unpaired) electrons. The molecule has 0 bridgehead atoms. The number of rotatable bonds is 3. The molecule has 4 heteroatoms. The fourth-order valence-corrected chi connectivity index (χ4v) is 2.15. The van der Waals surface area contributed by atoms with E-state index in [0.717, 1.165) is 22.4 Å². The molecule has 1 aliphatic heterocycles. The van der Waals surface area contributed by atoms with Crippen LogP contribution in [0.4, 0.5) is 0 Å². The van der Waals surface area contributed by atoms with Crippen LogP contribution in [0, 0.1) is 6.92 Å². The van der Waals surface area contributed by atoms with E-state index in [-0.39, 0.29) is 19.1 Å². The third kappa shape index (κ3) is 2.58. The Hall–Kier alpha value is -1.55. The van der Waals surface area contributed by atoms with Crippen molar-refractivity contribution in [3.8, 4) is 5.75 Å². The molecule has 0 aromatic heterocycles. The first-order valence-electron chi connectivity index (χ1n) is 5.63. The molecule has 0 amide bonds. The van der Waals surface area contributed by atoms with E-state index in [4.69, 9.17) is 14.6 Å². The van der Waals surface area contributed by atoms with Gasteiger partial charge in [-0.3, -0.25) is 4.79 Å². The molecule has 1 atom stereocenters. The second kappa shape index (κ2) is 4.75. The van der Waals surface area contributed by atoms with Gasteiger partial charge in [0.25, 0.3) is 0 Å². The van der Waals surface area contributed by atoms with Crippen LogP contribution in [0.5, 0.6) is 5.75 Å². The first kappa shape index (κ1) is 11.9. The van der Waals surface area contributed by atoms with Crippen LogP contribution in [-0.2, 0) is 16.1 Å². The van der Waals surface area contributed by atoms with Gasteiger partial charge in [0.2, 0.25) is 0 Å². The van der Waals surface area contributed by atoms with Gasteiger partial charge in [0.05, 0.1) is 13.0 Å². The molecule has 4 nitrogen and oxygen atoms in total. The molecule has 1 heterocycles. The highest BCUT2D eigenvalue weighted by Gasteiger charge is 2.21. The first-order valence-corrected chi connectivity index (χ1v) is 5.63. The molecule has 2 rings (SSSR count). The molecule has 1 N–H and O–H groups in total. The molecule has 1 aromatic carbocycles. The molecule has 92 valence electrons. The van der Waals surface area contributed by atoms with Gasteiger partial charge in [0.15, 0.2) is 6.79 Å². The average molecular weight is 236 g/mol. The number of carboxylic acid groups (broad SMARTS) is 1. The van der Waals surface area contributed by atoms with Crippen molar-refractivity contribution in [3.63, 3.8) is 0 Å². The Morgan fingerprint density at radius 1 is 1.53 bits per heavy atom. The summed E-state index contributed by atoms with van der Waals surface area (Å²) in [6.45, 7) is 4.67. The Morgan fingerprint density at radius 3 is 3.00 bits per heavy atom. The van der Waals surface area contributed by atoms with E-state index in [1.54, 1.807) is 0 Å². The van der Waals surface area contributed by atoms with Crippen LogP contribution < -0.4 is 4.74 Å². The van der Waals surface area contributed by atoms with Gasteiger partial charge < -0.3 is 14.6 Å². The topological polar surface area (TPSA) is 55.8 Å². The standard InChI is InChI=1S/C13H16O4/c1-8-3-10-6-16-7-17-13(10)11(4-8)9(2)5-12(14)15/h3-4,9H,5-7H2,1-2H3,(H,14,15). The van der Waals surface area contributed by atoms with Gasteiger partial charge in [0, 0.05) is 5.56 Å². The van der Waals surface area contributed by atoms with Crippen LogP contribution in [0.1, 0.15) is 36.0 Å². The van der Waals surface area contributed by atoms with Crippen molar-refractivity contribution >= 4 is 5.97 Å². The van der Waals surface area contributed by atoms with Gasteiger partial charge in [-0.15, -0.1) is 0 Å². The summed E-state index contributed by atoms with van der Waals surface area (Å²) in [5.74, 6) is -0.0466. The molecule has 1 aromatic rings. The summed E-state index contributed by atoms with van der Waals surface area (Å²) in [7, 11) is 0. The number of hydrogen-bond donors (Lipinski definition) is 1. The van der Waals surface area contributed by atoms with Crippen LogP contribution in [0.25, 0.3) is 0 Å². The molecule has 0 saturated heterocycles. The van der Waals surface area contributed by atoms with Crippen LogP contribution >= 0.6 is 0 Å². The number of carbonyl (C=O) groups is 1. The molecular formula is C13H16O4. The van der Waals surface area contributed by atoms with Crippen LogP contribution in [0.15, 0.2) is 12.1 Å². The van der Waals surface area contributed by atoms with Crippen molar-refractivity contribution in [2.24, 2.45) is 0 Å².